The van der Waals surface area contributed by atoms with Gasteiger partial charge in [0.15, 0.2) is 0 Å². The van der Waals surface area contributed by atoms with E-state index in [-0.39, 0.29) is 17.9 Å². The molecule has 2 fully saturated rings. The maximum atomic E-state index is 12.6. The Hall–Kier alpha value is -1.06. The summed E-state index contributed by atoms with van der Waals surface area (Å²) in [6.45, 7) is 5.79. The predicted molar refractivity (Wildman–Crippen MR) is 79.2 cm³/mol. The van der Waals surface area contributed by atoms with E-state index in [0.717, 1.165) is 19.4 Å². The molecular weight excluding hydrogens is 252 g/mol. The van der Waals surface area contributed by atoms with Crippen LogP contribution in [0.3, 0.4) is 0 Å². The van der Waals surface area contributed by atoms with Crippen molar-refractivity contribution in [2.75, 3.05) is 13.1 Å². The molecule has 2 amide bonds. The summed E-state index contributed by atoms with van der Waals surface area (Å²) in [5, 5.41) is 2.88. The van der Waals surface area contributed by atoms with Crippen molar-refractivity contribution < 1.29 is 9.59 Å². The Morgan fingerprint density at radius 3 is 2.70 bits per heavy atom. The fourth-order valence-electron chi connectivity index (χ4n) is 3.51. The summed E-state index contributed by atoms with van der Waals surface area (Å²) in [7, 11) is 0. The summed E-state index contributed by atoms with van der Waals surface area (Å²) in [5.74, 6) is 1.47. The number of rotatable bonds is 4. The quantitative estimate of drug-likeness (QED) is 0.859. The molecule has 1 saturated heterocycles. The van der Waals surface area contributed by atoms with Crippen LogP contribution in [-0.2, 0) is 9.59 Å². The number of hydrogen-bond acceptors (Lipinski definition) is 2. The third-order valence-corrected chi connectivity index (χ3v) is 4.88. The van der Waals surface area contributed by atoms with Crippen molar-refractivity contribution in [1.82, 2.24) is 10.2 Å². The SMILES string of the molecule is CCCC1NC(=O)CCN(CC2CCCCC2C)C1=O. The van der Waals surface area contributed by atoms with E-state index < -0.39 is 0 Å². The molecule has 1 N–H and O–H groups in total. The van der Waals surface area contributed by atoms with Crippen LogP contribution in [0.5, 0.6) is 0 Å². The van der Waals surface area contributed by atoms with Gasteiger partial charge in [-0.2, -0.15) is 0 Å². The van der Waals surface area contributed by atoms with E-state index in [1.54, 1.807) is 0 Å². The number of carbonyl (C=O) groups excluding carboxylic acids is 2. The molecule has 3 atom stereocenters. The summed E-state index contributed by atoms with van der Waals surface area (Å²) in [5.41, 5.74) is 0. The highest BCUT2D eigenvalue weighted by Crippen LogP contribution is 2.30. The zero-order valence-corrected chi connectivity index (χ0v) is 12.9. The number of carbonyl (C=O) groups is 2. The lowest BCUT2D eigenvalue weighted by atomic mass is 9.80. The first kappa shape index (κ1) is 15.3. The Morgan fingerprint density at radius 1 is 1.25 bits per heavy atom. The molecule has 0 radical (unpaired) electrons. The maximum Gasteiger partial charge on any atom is 0.245 e. The molecule has 3 unspecified atom stereocenters. The monoisotopic (exact) mass is 280 g/mol. The minimum atomic E-state index is -0.297. The van der Waals surface area contributed by atoms with Gasteiger partial charge in [-0.05, 0) is 24.7 Å². The lowest BCUT2D eigenvalue weighted by Crippen LogP contribution is -2.46. The Bertz CT molecular complexity index is 356. The molecule has 0 spiro atoms. The van der Waals surface area contributed by atoms with Crippen molar-refractivity contribution >= 4 is 11.8 Å². The van der Waals surface area contributed by atoms with Crippen LogP contribution in [0.2, 0.25) is 0 Å². The first-order valence-corrected chi connectivity index (χ1v) is 8.20. The molecule has 1 heterocycles. The molecule has 0 aromatic carbocycles. The summed E-state index contributed by atoms with van der Waals surface area (Å²) < 4.78 is 0. The minimum Gasteiger partial charge on any atom is -0.344 e. The third kappa shape index (κ3) is 3.74. The molecule has 2 aliphatic rings. The van der Waals surface area contributed by atoms with Crippen molar-refractivity contribution in [2.45, 2.75) is 64.8 Å². The Balaban J connectivity index is 2.00. The van der Waals surface area contributed by atoms with Gasteiger partial charge in [0.25, 0.3) is 0 Å². The number of nitrogens with one attached hydrogen (secondary N) is 1. The average molecular weight is 280 g/mol. The van der Waals surface area contributed by atoms with Gasteiger partial charge in [0.1, 0.15) is 6.04 Å². The van der Waals surface area contributed by atoms with Gasteiger partial charge in [-0.3, -0.25) is 9.59 Å². The van der Waals surface area contributed by atoms with Crippen molar-refractivity contribution in [3.63, 3.8) is 0 Å². The molecule has 0 aromatic heterocycles. The van der Waals surface area contributed by atoms with Gasteiger partial charge in [0, 0.05) is 19.5 Å². The number of amides is 2. The van der Waals surface area contributed by atoms with Gasteiger partial charge in [-0.1, -0.05) is 39.5 Å². The maximum absolute atomic E-state index is 12.6. The first-order chi connectivity index (χ1) is 9.61. The topological polar surface area (TPSA) is 49.4 Å². The molecule has 0 aromatic rings. The average Bonchev–Trinajstić information content (AvgIpc) is 2.55. The van der Waals surface area contributed by atoms with Gasteiger partial charge in [0.05, 0.1) is 0 Å². The lowest BCUT2D eigenvalue weighted by Gasteiger charge is -2.34. The van der Waals surface area contributed by atoms with Gasteiger partial charge >= 0.3 is 0 Å². The predicted octanol–water partition coefficient (Wildman–Crippen LogP) is 2.33. The molecule has 1 aliphatic heterocycles. The molecule has 114 valence electrons. The van der Waals surface area contributed by atoms with Crippen molar-refractivity contribution in [3.8, 4) is 0 Å². The van der Waals surface area contributed by atoms with Crippen LogP contribution in [0, 0.1) is 11.8 Å². The van der Waals surface area contributed by atoms with Crippen LogP contribution in [-0.4, -0.2) is 35.8 Å². The summed E-state index contributed by atoms with van der Waals surface area (Å²) >= 11 is 0. The summed E-state index contributed by atoms with van der Waals surface area (Å²) in [4.78, 5) is 26.2. The first-order valence-electron chi connectivity index (χ1n) is 8.20. The second-order valence-electron chi connectivity index (χ2n) is 6.46. The summed E-state index contributed by atoms with van der Waals surface area (Å²) in [6.07, 6.45) is 7.24. The highest BCUT2D eigenvalue weighted by atomic mass is 16.2. The number of hydrogen-bond donors (Lipinski definition) is 1. The van der Waals surface area contributed by atoms with E-state index >= 15 is 0 Å². The Morgan fingerprint density at radius 2 is 2.00 bits per heavy atom. The highest BCUT2D eigenvalue weighted by molar-refractivity contribution is 5.89. The van der Waals surface area contributed by atoms with Crippen LogP contribution in [0.4, 0.5) is 0 Å². The van der Waals surface area contributed by atoms with Crippen molar-refractivity contribution in [3.05, 3.63) is 0 Å². The number of nitrogens with zero attached hydrogens (tertiary/aromatic N) is 1. The van der Waals surface area contributed by atoms with Gasteiger partial charge < -0.3 is 10.2 Å². The van der Waals surface area contributed by atoms with E-state index in [4.69, 9.17) is 0 Å². The van der Waals surface area contributed by atoms with Gasteiger partial charge in [-0.25, -0.2) is 0 Å². The molecule has 4 heteroatoms. The lowest BCUT2D eigenvalue weighted by molar-refractivity contribution is -0.134. The second kappa shape index (κ2) is 7.09. The van der Waals surface area contributed by atoms with E-state index in [1.165, 1.54) is 25.7 Å². The molecule has 20 heavy (non-hydrogen) atoms. The fraction of sp³-hybridized carbons (Fsp3) is 0.875. The second-order valence-corrected chi connectivity index (χ2v) is 6.46. The molecule has 1 aliphatic carbocycles. The third-order valence-electron chi connectivity index (χ3n) is 4.88. The van der Waals surface area contributed by atoms with Crippen LogP contribution in [0.1, 0.15) is 58.8 Å². The molecule has 1 saturated carbocycles. The van der Waals surface area contributed by atoms with E-state index in [2.05, 4.69) is 19.2 Å². The molecule has 4 nitrogen and oxygen atoms in total. The van der Waals surface area contributed by atoms with E-state index in [1.807, 2.05) is 4.90 Å². The zero-order valence-electron chi connectivity index (χ0n) is 12.9. The molecule has 0 bridgehead atoms. The Kier molecular flexibility index (Phi) is 5.44. The van der Waals surface area contributed by atoms with Crippen LogP contribution >= 0.6 is 0 Å². The zero-order chi connectivity index (χ0) is 14.5. The van der Waals surface area contributed by atoms with Crippen molar-refractivity contribution in [2.24, 2.45) is 11.8 Å². The molecule has 2 rings (SSSR count). The summed E-state index contributed by atoms with van der Waals surface area (Å²) in [6, 6.07) is -0.297. The van der Waals surface area contributed by atoms with E-state index in [0.29, 0.717) is 24.8 Å². The normalized spacial score (nSPS) is 31.9. The fourth-order valence-corrected chi connectivity index (χ4v) is 3.51. The highest BCUT2D eigenvalue weighted by Gasteiger charge is 2.32. The smallest absolute Gasteiger partial charge is 0.245 e. The van der Waals surface area contributed by atoms with Crippen molar-refractivity contribution in [1.29, 1.82) is 0 Å². The van der Waals surface area contributed by atoms with E-state index in [9.17, 15) is 9.59 Å². The Labute approximate surface area is 122 Å². The standard InChI is InChI=1S/C16H28N2O2/c1-3-6-14-16(20)18(10-9-15(19)17-14)11-13-8-5-4-7-12(13)2/h12-14H,3-11H2,1-2H3,(H,17,19). The van der Waals surface area contributed by atoms with Crippen LogP contribution < -0.4 is 5.32 Å². The van der Waals surface area contributed by atoms with Crippen LogP contribution in [0.15, 0.2) is 0 Å². The largest absolute Gasteiger partial charge is 0.344 e. The van der Waals surface area contributed by atoms with Crippen LogP contribution in [0.25, 0.3) is 0 Å². The molecular formula is C16H28N2O2. The van der Waals surface area contributed by atoms with Gasteiger partial charge in [-0.15, -0.1) is 0 Å². The van der Waals surface area contributed by atoms with Gasteiger partial charge in [0.2, 0.25) is 11.8 Å². The minimum absolute atomic E-state index is 0.0241.